The van der Waals surface area contributed by atoms with Crippen LogP contribution in [0.4, 0.5) is 5.95 Å². The Balaban J connectivity index is 2.21. The van der Waals surface area contributed by atoms with Crippen molar-refractivity contribution in [3.8, 4) is 17.9 Å². The van der Waals surface area contributed by atoms with Crippen molar-refractivity contribution in [2.75, 3.05) is 25.1 Å². The first-order valence-corrected chi connectivity index (χ1v) is 8.22. The van der Waals surface area contributed by atoms with Gasteiger partial charge in [0.1, 0.15) is 0 Å². The molecule has 0 aromatic carbocycles. The third kappa shape index (κ3) is 2.73. The van der Waals surface area contributed by atoms with Gasteiger partial charge < -0.3 is 9.64 Å². The molecule has 1 saturated heterocycles. The quantitative estimate of drug-likeness (QED) is 0.797. The fourth-order valence-electron chi connectivity index (χ4n) is 3.23. The fourth-order valence-corrected chi connectivity index (χ4v) is 3.23. The van der Waals surface area contributed by atoms with Crippen LogP contribution in [0.5, 0.6) is 6.01 Å². The van der Waals surface area contributed by atoms with E-state index in [1.54, 1.807) is 14.0 Å². The van der Waals surface area contributed by atoms with Gasteiger partial charge in [0.2, 0.25) is 5.95 Å². The first-order valence-electron chi connectivity index (χ1n) is 8.22. The van der Waals surface area contributed by atoms with Crippen LogP contribution < -0.4 is 15.2 Å². The molecule has 0 saturated carbocycles. The summed E-state index contributed by atoms with van der Waals surface area (Å²) in [6, 6.07) is 0.261. The van der Waals surface area contributed by atoms with Gasteiger partial charge in [-0.05, 0) is 25.7 Å². The molecule has 0 amide bonds. The summed E-state index contributed by atoms with van der Waals surface area (Å²) in [6.07, 6.45) is 2.35. The molecule has 0 aliphatic carbocycles. The van der Waals surface area contributed by atoms with Crippen LogP contribution in [0.15, 0.2) is 4.79 Å². The number of hydrogen-bond donors (Lipinski definition) is 0. The largest absolute Gasteiger partial charge is 0.468 e. The van der Waals surface area contributed by atoms with Crippen molar-refractivity contribution in [1.29, 1.82) is 0 Å². The Labute approximate surface area is 141 Å². The summed E-state index contributed by atoms with van der Waals surface area (Å²) in [5.41, 5.74) is 0.730. The molecule has 3 rings (SSSR count). The maximum absolute atomic E-state index is 12.8. The van der Waals surface area contributed by atoms with E-state index in [2.05, 4.69) is 33.6 Å². The Hall–Kier alpha value is -2.49. The van der Waals surface area contributed by atoms with Crippen molar-refractivity contribution < 1.29 is 4.74 Å². The van der Waals surface area contributed by atoms with Crippen LogP contribution in [-0.4, -0.2) is 39.3 Å². The third-order valence-electron chi connectivity index (χ3n) is 4.46. The number of hydrogen-bond acceptors (Lipinski definition) is 5. The number of imidazole rings is 1. The molecule has 0 spiro atoms. The van der Waals surface area contributed by atoms with Crippen LogP contribution in [0.1, 0.15) is 26.7 Å². The lowest BCUT2D eigenvalue weighted by Gasteiger charge is -2.31. The van der Waals surface area contributed by atoms with E-state index in [-0.39, 0.29) is 11.6 Å². The molecule has 128 valence electrons. The van der Waals surface area contributed by atoms with E-state index in [0.29, 0.717) is 23.6 Å². The smallest absolute Gasteiger partial charge is 0.300 e. The van der Waals surface area contributed by atoms with Gasteiger partial charge in [-0.2, -0.15) is 9.97 Å². The summed E-state index contributed by atoms with van der Waals surface area (Å²) >= 11 is 0. The first kappa shape index (κ1) is 16.4. The molecular formula is C17H23N5O2. The van der Waals surface area contributed by atoms with E-state index in [9.17, 15) is 4.79 Å². The summed E-state index contributed by atoms with van der Waals surface area (Å²) in [5.74, 6) is 7.32. The number of ether oxygens (including phenoxy) is 1. The standard InChI is InChI=1S/C17H23N5O2/c1-5-6-10-22-13-14(19-17(24-4)20(3)15(13)23)18-16(22)21-9-7-8-12(2)11-21/h12H,7-11H2,1-4H3. The van der Waals surface area contributed by atoms with Crippen molar-refractivity contribution >= 4 is 17.1 Å². The van der Waals surface area contributed by atoms with Gasteiger partial charge in [-0.1, -0.05) is 12.8 Å². The monoisotopic (exact) mass is 329 g/mol. The fraction of sp³-hybridized carbons (Fsp3) is 0.588. The van der Waals surface area contributed by atoms with Crippen molar-refractivity contribution in [3.05, 3.63) is 10.4 Å². The molecule has 1 aliphatic rings. The lowest BCUT2D eigenvalue weighted by atomic mass is 10.0. The topological polar surface area (TPSA) is 65.2 Å². The normalized spacial score (nSPS) is 17.7. The molecule has 1 fully saturated rings. The van der Waals surface area contributed by atoms with Gasteiger partial charge in [0.05, 0.1) is 13.7 Å². The predicted molar refractivity (Wildman–Crippen MR) is 93.4 cm³/mol. The number of methoxy groups -OCH3 is 1. The van der Waals surface area contributed by atoms with E-state index in [1.807, 2.05) is 4.57 Å². The van der Waals surface area contributed by atoms with Gasteiger partial charge >= 0.3 is 6.01 Å². The predicted octanol–water partition coefficient (Wildman–Crippen LogP) is 1.40. The van der Waals surface area contributed by atoms with E-state index in [1.165, 1.54) is 18.1 Å². The van der Waals surface area contributed by atoms with Gasteiger partial charge in [-0.25, -0.2) is 0 Å². The Morgan fingerprint density at radius 1 is 1.38 bits per heavy atom. The summed E-state index contributed by atoms with van der Waals surface area (Å²) in [5, 5.41) is 0. The minimum atomic E-state index is -0.168. The highest BCUT2D eigenvalue weighted by molar-refractivity contribution is 5.74. The SMILES string of the molecule is CC#CCn1c(N2CCCC(C)C2)nc2nc(OC)n(C)c(=O)c21. The van der Waals surface area contributed by atoms with Gasteiger partial charge in [0.25, 0.3) is 5.56 Å². The van der Waals surface area contributed by atoms with Crippen LogP contribution in [0, 0.1) is 17.8 Å². The van der Waals surface area contributed by atoms with E-state index >= 15 is 0 Å². The van der Waals surface area contributed by atoms with Gasteiger partial charge in [0, 0.05) is 20.1 Å². The van der Waals surface area contributed by atoms with Crippen molar-refractivity contribution in [2.45, 2.75) is 33.2 Å². The molecule has 2 aromatic rings. The molecule has 0 N–H and O–H groups in total. The van der Waals surface area contributed by atoms with Crippen LogP contribution >= 0.6 is 0 Å². The molecule has 7 heteroatoms. The Bertz CT molecular complexity index is 871. The van der Waals surface area contributed by atoms with Gasteiger partial charge in [0.15, 0.2) is 11.2 Å². The highest BCUT2D eigenvalue weighted by Gasteiger charge is 2.25. The van der Waals surface area contributed by atoms with Gasteiger partial charge in [-0.15, -0.1) is 5.92 Å². The van der Waals surface area contributed by atoms with E-state index in [0.717, 1.165) is 25.5 Å². The van der Waals surface area contributed by atoms with Crippen LogP contribution in [0.25, 0.3) is 11.2 Å². The second-order valence-corrected chi connectivity index (χ2v) is 6.25. The third-order valence-corrected chi connectivity index (χ3v) is 4.46. The van der Waals surface area contributed by atoms with Gasteiger partial charge in [-0.3, -0.25) is 13.9 Å². The Morgan fingerprint density at radius 2 is 2.17 bits per heavy atom. The molecule has 3 heterocycles. The lowest BCUT2D eigenvalue weighted by Crippen LogP contribution is -2.36. The minimum Gasteiger partial charge on any atom is -0.468 e. The minimum absolute atomic E-state index is 0.168. The molecule has 1 aliphatic heterocycles. The molecule has 0 bridgehead atoms. The Kier molecular flexibility index (Phi) is 4.47. The number of anilines is 1. The summed E-state index contributed by atoms with van der Waals surface area (Å²) < 4.78 is 8.48. The second-order valence-electron chi connectivity index (χ2n) is 6.25. The summed E-state index contributed by atoms with van der Waals surface area (Å²) in [4.78, 5) is 24.0. The van der Waals surface area contributed by atoms with Crippen molar-refractivity contribution in [1.82, 2.24) is 19.1 Å². The van der Waals surface area contributed by atoms with Crippen LogP contribution in [0.2, 0.25) is 0 Å². The van der Waals surface area contributed by atoms with Crippen LogP contribution in [-0.2, 0) is 13.6 Å². The van der Waals surface area contributed by atoms with E-state index in [4.69, 9.17) is 4.74 Å². The average molecular weight is 329 g/mol. The molecular weight excluding hydrogens is 306 g/mol. The highest BCUT2D eigenvalue weighted by Crippen LogP contribution is 2.25. The lowest BCUT2D eigenvalue weighted by molar-refractivity contribution is 0.359. The number of piperidine rings is 1. The maximum Gasteiger partial charge on any atom is 0.300 e. The van der Waals surface area contributed by atoms with Crippen molar-refractivity contribution in [3.63, 3.8) is 0 Å². The Morgan fingerprint density at radius 3 is 2.83 bits per heavy atom. The van der Waals surface area contributed by atoms with E-state index < -0.39 is 0 Å². The van der Waals surface area contributed by atoms with Crippen LogP contribution in [0.3, 0.4) is 0 Å². The maximum atomic E-state index is 12.8. The summed E-state index contributed by atoms with van der Waals surface area (Å²) in [6.45, 7) is 6.33. The molecule has 24 heavy (non-hydrogen) atoms. The molecule has 0 radical (unpaired) electrons. The first-order chi connectivity index (χ1) is 11.6. The average Bonchev–Trinajstić information content (AvgIpc) is 2.94. The summed E-state index contributed by atoms with van der Waals surface area (Å²) in [7, 11) is 3.15. The van der Waals surface area contributed by atoms with Crippen molar-refractivity contribution in [2.24, 2.45) is 13.0 Å². The number of aromatic nitrogens is 4. The zero-order chi connectivity index (χ0) is 17.3. The molecule has 1 atom stereocenters. The zero-order valence-corrected chi connectivity index (χ0v) is 14.7. The number of fused-ring (bicyclic) bond motifs is 1. The number of nitrogens with zero attached hydrogens (tertiary/aromatic N) is 5. The molecule has 2 aromatic heterocycles. The number of rotatable bonds is 3. The second kappa shape index (κ2) is 6.56. The molecule has 1 unspecified atom stereocenters. The molecule has 7 nitrogen and oxygen atoms in total. The zero-order valence-electron chi connectivity index (χ0n) is 14.7. The highest BCUT2D eigenvalue weighted by atomic mass is 16.5.